The lowest BCUT2D eigenvalue weighted by molar-refractivity contribution is -0.165. The van der Waals surface area contributed by atoms with E-state index >= 15 is 0 Å². The molecule has 0 fully saturated rings. The Bertz CT molecular complexity index is 1250. The van der Waals surface area contributed by atoms with Crippen LogP contribution in [0.3, 0.4) is 0 Å². The molecule has 1 amide bonds. The van der Waals surface area contributed by atoms with Crippen molar-refractivity contribution in [3.8, 4) is 5.75 Å². The number of esters is 1. The molecule has 0 unspecified atom stereocenters. The fourth-order valence-electron chi connectivity index (χ4n) is 5.68. The van der Waals surface area contributed by atoms with Crippen LogP contribution in [0.1, 0.15) is 21.8 Å². The van der Waals surface area contributed by atoms with Crippen molar-refractivity contribution in [2.45, 2.75) is 23.7 Å². The Kier molecular flexibility index (Phi) is 5.51. The second-order valence-electron chi connectivity index (χ2n) is 9.00. The first-order valence-corrected chi connectivity index (χ1v) is 10.5. The van der Waals surface area contributed by atoms with Gasteiger partial charge in [-0.3, -0.25) is 24.1 Å². The number of aliphatic hydroxyl groups is 4. The van der Waals surface area contributed by atoms with Crippen molar-refractivity contribution in [2.24, 2.45) is 17.6 Å². The number of amides is 1. The third kappa shape index (κ3) is 2.97. The van der Waals surface area contributed by atoms with Gasteiger partial charge in [-0.15, -0.1) is 0 Å². The smallest absolute Gasteiger partial charge is 0.313 e. The number of aromatic hydroxyl groups is 1. The number of likely N-dealkylation sites (N-methyl/N-ethyl adjacent to an activating group) is 1. The second kappa shape index (κ2) is 7.90. The predicted molar refractivity (Wildman–Crippen MR) is 116 cm³/mol. The molecule has 4 rings (SSSR count). The Hall–Kier alpha value is -3.74. The lowest BCUT2D eigenvalue weighted by Crippen LogP contribution is -2.68. The summed E-state index contributed by atoms with van der Waals surface area (Å²) in [6.45, 7) is 0. The van der Waals surface area contributed by atoms with Crippen molar-refractivity contribution in [2.75, 3.05) is 21.2 Å². The number of nitrogens with zero attached hydrogens (tertiary/aromatic N) is 1. The molecule has 0 bridgehead atoms. The number of fused-ring (bicyclic) bond motifs is 3. The van der Waals surface area contributed by atoms with E-state index in [0.29, 0.717) is 0 Å². The molecule has 0 saturated heterocycles. The van der Waals surface area contributed by atoms with Crippen molar-refractivity contribution in [3.05, 3.63) is 52.0 Å². The Labute approximate surface area is 198 Å². The Balaban J connectivity index is 2.11. The molecule has 7 N–H and O–H groups in total. The van der Waals surface area contributed by atoms with E-state index < -0.39 is 87.4 Å². The number of rotatable bonds is 3. The van der Waals surface area contributed by atoms with Gasteiger partial charge in [-0.2, -0.15) is 0 Å². The lowest BCUT2D eigenvalue weighted by Gasteiger charge is -2.53. The first kappa shape index (κ1) is 24.4. The van der Waals surface area contributed by atoms with Crippen molar-refractivity contribution >= 4 is 23.4 Å². The van der Waals surface area contributed by atoms with E-state index in [9.17, 15) is 44.7 Å². The quantitative estimate of drug-likeness (QED) is 0.220. The zero-order valence-corrected chi connectivity index (χ0v) is 18.9. The molecule has 0 aliphatic heterocycles. The first-order valence-electron chi connectivity index (χ1n) is 10.5. The predicted octanol–water partition coefficient (Wildman–Crippen LogP) is -1.19. The Morgan fingerprint density at radius 2 is 1.77 bits per heavy atom. The minimum atomic E-state index is -3.06. The number of hydrogen-bond acceptors (Lipinski definition) is 11. The van der Waals surface area contributed by atoms with E-state index in [1.54, 1.807) is 0 Å². The van der Waals surface area contributed by atoms with Crippen LogP contribution in [0.5, 0.6) is 5.75 Å². The van der Waals surface area contributed by atoms with Crippen molar-refractivity contribution in [3.63, 3.8) is 0 Å². The molecule has 3 aliphatic rings. The van der Waals surface area contributed by atoms with Crippen LogP contribution < -0.4 is 5.73 Å². The fourth-order valence-corrected chi connectivity index (χ4v) is 5.68. The number of phenolic OH excluding ortho intramolecular Hbond substituents is 1. The van der Waals surface area contributed by atoms with Gasteiger partial charge in [0.25, 0.3) is 5.91 Å². The van der Waals surface area contributed by atoms with Crippen LogP contribution >= 0.6 is 0 Å². The standard InChI is InChI=1S/C23H24N2O10/c1-25(2)15-14-17(28)11-10(22(33)35-3)7-5-4-6-8(26)9(7)16(27)12(11)19(30)23(14,34)20(31)13(18(15)29)21(24)32/h4-6,10-11,14-15,17,26,28-30,34H,1-3H3,(H2,24,32)/t10-,11-,14-,15+,17+,23+/m1/s1. The number of primary amides is 1. The molecule has 0 spiro atoms. The number of phenols is 1. The summed E-state index contributed by atoms with van der Waals surface area (Å²) in [4.78, 5) is 52.9. The lowest BCUT2D eigenvalue weighted by atomic mass is 9.55. The molecule has 0 aromatic heterocycles. The van der Waals surface area contributed by atoms with Crippen molar-refractivity contribution < 1.29 is 49.4 Å². The molecule has 1 aromatic carbocycles. The van der Waals surface area contributed by atoms with Gasteiger partial charge in [0.2, 0.25) is 5.78 Å². The number of benzene rings is 1. The number of nitrogens with two attached hydrogens (primary N) is 1. The van der Waals surface area contributed by atoms with Crippen LogP contribution in [-0.2, 0) is 19.1 Å². The summed E-state index contributed by atoms with van der Waals surface area (Å²) in [5.74, 6) is -12.2. The van der Waals surface area contributed by atoms with Gasteiger partial charge in [0.15, 0.2) is 11.4 Å². The van der Waals surface area contributed by atoms with Gasteiger partial charge < -0.3 is 36.0 Å². The van der Waals surface area contributed by atoms with Gasteiger partial charge in [-0.25, -0.2) is 0 Å². The molecule has 186 valence electrons. The summed E-state index contributed by atoms with van der Waals surface area (Å²) in [6, 6.07) is 2.48. The number of ether oxygens (including phenoxy) is 1. The second-order valence-corrected chi connectivity index (χ2v) is 9.00. The molecule has 0 saturated carbocycles. The van der Waals surface area contributed by atoms with Crippen molar-refractivity contribution in [1.29, 1.82) is 0 Å². The fraction of sp³-hybridized carbons (Fsp3) is 0.391. The highest BCUT2D eigenvalue weighted by Crippen LogP contribution is 2.55. The normalized spacial score (nSPS) is 32.2. The maximum atomic E-state index is 13.5. The first-order chi connectivity index (χ1) is 16.3. The molecule has 12 heteroatoms. The maximum absolute atomic E-state index is 13.5. The topological polar surface area (TPSA) is 208 Å². The number of carbonyl (C=O) groups excluding carboxylic acids is 4. The average molecular weight is 488 g/mol. The van der Waals surface area contributed by atoms with Gasteiger partial charge >= 0.3 is 5.97 Å². The highest BCUT2D eigenvalue weighted by molar-refractivity contribution is 6.25. The van der Waals surface area contributed by atoms with E-state index in [1.807, 2.05) is 0 Å². The summed E-state index contributed by atoms with van der Waals surface area (Å²) in [5.41, 5.74) is 0.133. The van der Waals surface area contributed by atoms with Crippen LogP contribution in [0.4, 0.5) is 0 Å². The number of carbonyl (C=O) groups is 4. The molecular formula is C23H24N2O10. The Morgan fingerprint density at radius 3 is 2.31 bits per heavy atom. The minimum Gasteiger partial charge on any atom is -0.510 e. The van der Waals surface area contributed by atoms with Crippen LogP contribution in [-0.4, -0.2) is 92.8 Å². The van der Waals surface area contributed by atoms with Crippen LogP contribution in [0, 0.1) is 11.8 Å². The van der Waals surface area contributed by atoms with Gasteiger partial charge in [0.1, 0.15) is 22.8 Å². The van der Waals surface area contributed by atoms with E-state index in [0.717, 1.165) is 7.11 Å². The molecule has 0 radical (unpaired) electrons. The van der Waals surface area contributed by atoms with Crippen molar-refractivity contribution in [1.82, 2.24) is 4.90 Å². The molecule has 1 aromatic rings. The number of hydrogen-bond donors (Lipinski definition) is 6. The van der Waals surface area contributed by atoms with Crippen LogP contribution in [0.25, 0.3) is 0 Å². The molecule has 6 atom stereocenters. The number of methoxy groups -OCH3 is 1. The van der Waals surface area contributed by atoms with Crippen LogP contribution in [0.15, 0.2) is 40.9 Å². The highest BCUT2D eigenvalue weighted by Gasteiger charge is 2.68. The van der Waals surface area contributed by atoms with E-state index in [-0.39, 0.29) is 11.1 Å². The van der Waals surface area contributed by atoms with Gasteiger partial charge in [0, 0.05) is 11.5 Å². The Morgan fingerprint density at radius 1 is 1.14 bits per heavy atom. The summed E-state index contributed by atoms with van der Waals surface area (Å²) >= 11 is 0. The monoisotopic (exact) mass is 488 g/mol. The average Bonchev–Trinajstić information content (AvgIpc) is 2.78. The molecule has 35 heavy (non-hydrogen) atoms. The summed E-state index contributed by atoms with van der Waals surface area (Å²) in [5, 5.41) is 55.5. The summed E-state index contributed by atoms with van der Waals surface area (Å²) < 4.78 is 4.87. The molecule has 3 aliphatic carbocycles. The van der Waals surface area contributed by atoms with E-state index in [1.165, 1.54) is 37.2 Å². The largest absolute Gasteiger partial charge is 0.510 e. The maximum Gasteiger partial charge on any atom is 0.313 e. The number of aliphatic hydroxyl groups excluding tert-OH is 3. The van der Waals surface area contributed by atoms with E-state index in [4.69, 9.17) is 10.5 Å². The SMILES string of the molecule is COC(=O)[C@@H]1c2cccc(O)c2C(=O)C2=C(O)[C@]3(O)C(=O)C(C(N)=O)=C(O)[C@@H](N(C)C)[C@@H]3[C@@H](O)[C@@H]21. The minimum absolute atomic E-state index is 0.00835. The zero-order chi connectivity index (χ0) is 26.1. The van der Waals surface area contributed by atoms with Gasteiger partial charge in [0.05, 0.1) is 36.7 Å². The summed E-state index contributed by atoms with van der Waals surface area (Å²) in [6.07, 6.45) is -1.90. The number of ketones is 2. The third-order valence-electron chi connectivity index (χ3n) is 7.12. The van der Waals surface area contributed by atoms with Crippen LogP contribution in [0.2, 0.25) is 0 Å². The number of Topliss-reactive ketones (excluding diaryl/α,β-unsaturated/α-hetero) is 2. The summed E-state index contributed by atoms with van der Waals surface area (Å²) in [7, 11) is 3.89. The van der Waals surface area contributed by atoms with Gasteiger partial charge in [-0.05, 0) is 25.7 Å². The molecule has 0 heterocycles. The zero-order valence-electron chi connectivity index (χ0n) is 18.9. The molecular weight excluding hydrogens is 464 g/mol. The highest BCUT2D eigenvalue weighted by atomic mass is 16.5. The van der Waals surface area contributed by atoms with Gasteiger partial charge in [-0.1, -0.05) is 12.1 Å². The molecule has 12 nitrogen and oxygen atoms in total. The third-order valence-corrected chi connectivity index (χ3v) is 7.12. The van der Waals surface area contributed by atoms with E-state index in [2.05, 4.69) is 0 Å².